The minimum atomic E-state index is -0.0769. The molecule has 1 aliphatic carbocycles. The first-order chi connectivity index (χ1) is 48.4. The van der Waals surface area contributed by atoms with Gasteiger partial charge < -0.3 is 18.3 Å². The van der Waals surface area contributed by atoms with Crippen LogP contribution in [0.25, 0.3) is 175 Å². The predicted octanol–water partition coefficient (Wildman–Crippen LogP) is 25.4. The summed E-state index contributed by atoms with van der Waals surface area (Å²) < 4.78 is 12.3. The van der Waals surface area contributed by atoms with Gasteiger partial charge in [-0.3, -0.25) is 0 Å². The number of rotatable bonds is 7. The zero-order chi connectivity index (χ0) is 64.7. The molecule has 5 heterocycles. The number of nitrogens with zero attached hydrogens (tertiary/aromatic N) is 4. The average Bonchev–Trinajstić information content (AvgIpc) is 1.54. The highest BCUT2D eigenvalue weighted by atomic mass is 32.1. The molecular formula is C93H62N4S. The average molecular weight is 1270 g/mol. The third-order valence-corrected chi connectivity index (χ3v) is 22.3. The van der Waals surface area contributed by atoms with Gasteiger partial charge in [0.15, 0.2) is 0 Å². The van der Waals surface area contributed by atoms with Crippen molar-refractivity contribution >= 4 is 119 Å². The first-order valence-corrected chi connectivity index (χ1v) is 34.7. The summed E-state index contributed by atoms with van der Waals surface area (Å²) >= 11 is 1.92. The van der Waals surface area contributed by atoms with Crippen molar-refractivity contribution in [3.05, 3.63) is 351 Å². The molecule has 0 spiro atoms. The van der Waals surface area contributed by atoms with Gasteiger partial charge in [-0.2, -0.15) is 0 Å². The molecule has 0 N–H and O–H groups in total. The van der Waals surface area contributed by atoms with Gasteiger partial charge in [0.2, 0.25) is 0 Å². The van der Waals surface area contributed by atoms with Crippen LogP contribution in [0.1, 0.15) is 25.0 Å². The van der Waals surface area contributed by atoms with Crippen LogP contribution >= 0.6 is 11.3 Å². The van der Waals surface area contributed by atoms with Gasteiger partial charge in [-0.1, -0.05) is 244 Å². The van der Waals surface area contributed by atoms with E-state index < -0.39 is 0 Å². The van der Waals surface area contributed by atoms with E-state index >= 15 is 0 Å². The van der Waals surface area contributed by atoms with E-state index in [2.05, 4.69) is 372 Å². The van der Waals surface area contributed by atoms with Crippen molar-refractivity contribution in [2.24, 2.45) is 0 Å². The van der Waals surface area contributed by atoms with Gasteiger partial charge in [-0.25, -0.2) is 0 Å². The zero-order valence-corrected chi connectivity index (χ0v) is 54.8. The van der Waals surface area contributed by atoms with Gasteiger partial charge in [-0.05, 0) is 165 Å². The van der Waals surface area contributed by atoms with Crippen molar-refractivity contribution in [3.8, 4) is 67.3 Å². The SMILES string of the molecule is CC1(C)c2ccccc2-c2ccc3c(c21)c1ccccc1n3-c1ccc(-c2ccc3c(c2)c2ccccc2n3-c2ccccc2)cc1.c1ccc(-c2cccc3c2sc2c3ccc3c2c2ccccc2n3-c2ccc(-c3ccc4c(c3)c3ccccc3n4-c3ccccc3)cc2)cc1. The molecule has 5 heteroatoms. The van der Waals surface area contributed by atoms with Gasteiger partial charge in [0.05, 0.1) is 44.1 Å². The van der Waals surface area contributed by atoms with E-state index in [1.54, 1.807) is 0 Å². The molecule has 460 valence electrons. The zero-order valence-electron chi connectivity index (χ0n) is 54.0. The summed E-state index contributed by atoms with van der Waals surface area (Å²) in [7, 11) is 0. The van der Waals surface area contributed by atoms with E-state index in [0.29, 0.717) is 0 Å². The van der Waals surface area contributed by atoms with Gasteiger partial charge >= 0.3 is 0 Å². The van der Waals surface area contributed by atoms with E-state index in [1.807, 2.05) is 11.3 Å². The monoisotopic (exact) mass is 1270 g/mol. The maximum Gasteiger partial charge on any atom is 0.0555 e. The molecule has 0 atom stereocenters. The molecule has 21 rings (SSSR count). The number of fused-ring (bicyclic) bond motifs is 20. The first kappa shape index (κ1) is 56.1. The Kier molecular flexibility index (Phi) is 12.5. The largest absolute Gasteiger partial charge is 0.309 e. The highest BCUT2D eigenvalue weighted by Gasteiger charge is 2.38. The molecule has 0 unspecified atom stereocenters. The molecule has 15 aromatic carbocycles. The topological polar surface area (TPSA) is 19.7 Å². The third-order valence-electron chi connectivity index (χ3n) is 21.0. The van der Waals surface area contributed by atoms with E-state index in [0.717, 1.165) is 5.69 Å². The highest BCUT2D eigenvalue weighted by molar-refractivity contribution is 7.27. The summed E-state index contributed by atoms with van der Waals surface area (Å²) in [6.07, 6.45) is 0. The molecular weight excluding hydrogens is 1210 g/mol. The third kappa shape index (κ3) is 8.43. The Bertz CT molecular complexity index is 6600. The number of thiophene rings is 1. The molecule has 0 aliphatic heterocycles. The fraction of sp³-hybridized carbons (Fsp3) is 0.0323. The molecule has 4 nitrogen and oxygen atoms in total. The number of para-hydroxylation sites is 6. The summed E-state index contributed by atoms with van der Waals surface area (Å²) in [6.45, 7) is 4.76. The highest BCUT2D eigenvalue weighted by Crippen LogP contribution is 2.54. The Balaban J connectivity index is 0.000000133. The van der Waals surface area contributed by atoms with Crippen LogP contribution in [0.5, 0.6) is 0 Å². The van der Waals surface area contributed by atoms with Crippen LogP contribution in [-0.2, 0) is 5.41 Å². The standard InChI is InChI=1S/C48H30N2S.C45H32N2/c1-3-12-32(13-4-1)36-18-11-19-38-39-27-29-45-46(48(39)51-47(36)38)40-17-8-10-21-43(40)50(45)35-25-22-31(23-26-35)33-24-28-44-41(30-33)37-16-7-9-20-42(37)49(44)34-14-5-2-6-15-34;1-45(2)38-17-9-6-14-33(38)35-25-27-42-43(44(35)45)36-16-8-11-19-40(36)47(42)32-23-20-29(21-24-32)30-22-26-41-37(28-30)34-15-7-10-18-39(34)46(41)31-12-4-3-5-13-31/h1-30H;3-28H,1-2H3. The van der Waals surface area contributed by atoms with E-state index in [9.17, 15) is 0 Å². The van der Waals surface area contributed by atoms with Gasteiger partial charge in [0.25, 0.3) is 0 Å². The Hall–Kier alpha value is -12.3. The first-order valence-electron chi connectivity index (χ1n) is 33.9. The Morgan fingerprint density at radius 2 is 0.602 bits per heavy atom. The molecule has 1 aliphatic rings. The van der Waals surface area contributed by atoms with Crippen LogP contribution in [0.15, 0.2) is 340 Å². The van der Waals surface area contributed by atoms with Crippen LogP contribution in [0.4, 0.5) is 0 Å². The van der Waals surface area contributed by atoms with Crippen LogP contribution in [0.2, 0.25) is 0 Å². The van der Waals surface area contributed by atoms with Crippen molar-refractivity contribution < 1.29 is 0 Å². The summed E-state index contributed by atoms with van der Waals surface area (Å²) in [4.78, 5) is 0. The summed E-state index contributed by atoms with van der Waals surface area (Å²) in [6, 6.07) is 124. The lowest BCUT2D eigenvalue weighted by Gasteiger charge is -2.22. The lowest BCUT2D eigenvalue weighted by Crippen LogP contribution is -2.15. The van der Waals surface area contributed by atoms with Crippen molar-refractivity contribution in [3.63, 3.8) is 0 Å². The minimum absolute atomic E-state index is 0.0769. The maximum atomic E-state index is 2.45. The number of benzene rings is 15. The number of hydrogen-bond donors (Lipinski definition) is 0. The lowest BCUT2D eigenvalue weighted by molar-refractivity contribution is 0.666. The Labute approximate surface area is 570 Å². The normalized spacial score (nSPS) is 12.7. The molecule has 0 saturated heterocycles. The molecule has 0 fully saturated rings. The quantitative estimate of drug-likeness (QED) is 0.152. The lowest BCUT2D eigenvalue weighted by atomic mass is 9.80. The second kappa shape index (κ2) is 21.9. The van der Waals surface area contributed by atoms with Gasteiger partial charge in [0.1, 0.15) is 0 Å². The number of aromatic nitrogens is 4. The molecule has 0 saturated carbocycles. The number of hydrogen-bond acceptors (Lipinski definition) is 1. The molecule has 20 aromatic rings. The van der Waals surface area contributed by atoms with Crippen molar-refractivity contribution in [2.75, 3.05) is 0 Å². The van der Waals surface area contributed by atoms with Crippen molar-refractivity contribution in [2.45, 2.75) is 19.3 Å². The molecule has 5 aromatic heterocycles. The molecule has 98 heavy (non-hydrogen) atoms. The summed E-state index contributed by atoms with van der Waals surface area (Å²) in [5, 5.41) is 13.0. The fourth-order valence-corrected chi connectivity index (χ4v) is 18.1. The van der Waals surface area contributed by atoms with Crippen LogP contribution in [0, 0.1) is 0 Å². The van der Waals surface area contributed by atoms with Crippen LogP contribution < -0.4 is 0 Å². The summed E-state index contributed by atoms with van der Waals surface area (Å²) in [5.74, 6) is 0. The maximum absolute atomic E-state index is 2.45. The molecule has 0 bridgehead atoms. The minimum Gasteiger partial charge on any atom is -0.309 e. The van der Waals surface area contributed by atoms with Crippen LogP contribution in [0.3, 0.4) is 0 Å². The Morgan fingerprint density at radius 1 is 0.224 bits per heavy atom. The van der Waals surface area contributed by atoms with Gasteiger partial charge in [0, 0.05) is 91.4 Å². The van der Waals surface area contributed by atoms with Gasteiger partial charge in [-0.15, -0.1) is 11.3 Å². The smallest absolute Gasteiger partial charge is 0.0555 e. The van der Waals surface area contributed by atoms with E-state index in [1.165, 1.54) is 180 Å². The molecule has 0 amide bonds. The second-order valence-corrected chi connectivity index (χ2v) is 27.7. The van der Waals surface area contributed by atoms with Crippen LogP contribution in [-0.4, -0.2) is 18.3 Å². The van der Waals surface area contributed by atoms with Crippen molar-refractivity contribution in [1.82, 2.24) is 18.3 Å². The summed E-state index contributed by atoms with van der Waals surface area (Å²) in [5.41, 5.74) is 27.5. The fourth-order valence-electron chi connectivity index (χ4n) is 16.7. The van der Waals surface area contributed by atoms with Crippen molar-refractivity contribution in [1.29, 1.82) is 0 Å². The van der Waals surface area contributed by atoms with E-state index in [-0.39, 0.29) is 5.41 Å². The second-order valence-electron chi connectivity index (χ2n) is 26.7. The van der Waals surface area contributed by atoms with E-state index in [4.69, 9.17) is 0 Å². The molecule has 0 radical (unpaired) electrons. The predicted molar refractivity (Wildman–Crippen MR) is 417 cm³/mol. The Morgan fingerprint density at radius 3 is 1.16 bits per heavy atom.